The van der Waals surface area contributed by atoms with Crippen molar-refractivity contribution in [3.05, 3.63) is 62.9 Å². The molecule has 0 bridgehead atoms. The fourth-order valence-electron chi connectivity index (χ4n) is 2.21. The van der Waals surface area contributed by atoms with E-state index in [1.807, 2.05) is 24.3 Å². The minimum Gasteiger partial charge on any atom is -0.494 e. The lowest BCUT2D eigenvalue weighted by molar-refractivity contribution is -0.121. The summed E-state index contributed by atoms with van der Waals surface area (Å²) in [6, 6.07) is 9.00. The van der Waals surface area contributed by atoms with Gasteiger partial charge in [-0.25, -0.2) is 4.79 Å². The van der Waals surface area contributed by atoms with E-state index in [0.717, 1.165) is 35.3 Å². The molecule has 134 valence electrons. The average molecular weight is 345 g/mol. The van der Waals surface area contributed by atoms with E-state index in [2.05, 4.69) is 17.2 Å². The largest absolute Gasteiger partial charge is 0.494 e. The summed E-state index contributed by atoms with van der Waals surface area (Å²) in [5, 5.41) is 2.76. The monoisotopic (exact) mass is 345 g/mol. The van der Waals surface area contributed by atoms with Crippen molar-refractivity contribution < 1.29 is 9.53 Å². The maximum atomic E-state index is 11.9. The lowest BCUT2D eigenvalue weighted by atomic mass is 10.1. The highest BCUT2D eigenvalue weighted by Gasteiger charge is 2.04. The van der Waals surface area contributed by atoms with Gasteiger partial charge < -0.3 is 10.1 Å². The Morgan fingerprint density at radius 3 is 2.64 bits per heavy atom. The molecule has 7 heteroatoms. The molecule has 1 aromatic heterocycles. The van der Waals surface area contributed by atoms with E-state index in [9.17, 15) is 14.4 Å². The number of nitrogens with zero attached hydrogens (tertiary/aromatic N) is 1. The highest BCUT2D eigenvalue weighted by Crippen LogP contribution is 2.12. The number of rotatable bonds is 9. The summed E-state index contributed by atoms with van der Waals surface area (Å²) >= 11 is 0. The second kappa shape index (κ2) is 9.46. The maximum absolute atomic E-state index is 11.9. The zero-order chi connectivity index (χ0) is 18.1. The molecule has 2 N–H and O–H groups in total. The van der Waals surface area contributed by atoms with Crippen LogP contribution in [0.1, 0.15) is 25.3 Å². The van der Waals surface area contributed by atoms with Crippen molar-refractivity contribution in [1.29, 1.82) is 0 Å². The number of aromatic amines is 1. The van der Waals surface area contributed by atoms with Gasteiger partial charge in [0.2, 0.25) is 5.91 Å². The third kappa shape index (κ3) is 6.29. The van der Waals surface area contributed by atoms with E-state index in [0.29, 0.717) is 13.0 Å². The number of carbonyl (C=O) groups excluding carboxylic acids is 1. The normalized spacial score (nSPS) is 10.4. The average Bonchev–Trinajstić information content (AvgIpc) is 2.59. The van der Waals surface area contributed by atoms with Gasteiger partial charge in [-0.05, 0) is 30.5 Å². The van der Waals surface area contributed by atoms with Crippen molar-refractivity contribution in [1.82, 2.24) is 14.9 Å². The number of benzene rings is 1. The van der Waals surface area contributed by atoms with Gasteiger partial charge in [0.25, 0.3) is 5.56 Å². The van der Waals surface area contributed by atoms with Crippen LogP contribution in [0, 0.1) is 0 Å². The van der Waals surface area contributed by atoms with Gasteiger partial charge >= 0.3 is 5.69 Å². The fourth-order valence-corrected chi connectivity index (χ4v) is 2.21. The summed E-state index contributed by atoms with van der Waals surface area (Å²) < 4.78 is 6.75. The smallest absolute Gasteiger partial charge is 0.328 e. The van der Waals surface area contributed by atoms with Crippen LogP contribution in [0.15, 0.2) is 46.1 Å². The molecule has 0 radical (unpaired) electrons. The highest BCUT2D eigenvalue weighted by molar-refractivity contribution is 5.75. The van der Waals surface area contributed by atoms with Gasteiger partial charge in [-0.1, -0.05) is 25.5 Å². The summed E-state index contributed by atoms with van der Waals surface area (Å²) in [5.74, 6) is 0.562. The number of hydrogen-bond donors (Lipinski definition) is 2. The Kier molecular flexibility index (Phi) is 7.00. The zero-order valence-electron chi connectivity index (χ0n) is 14.3. The van der Waals surface area contributed by atoms with E-state index in [1.165, 1.54) is 12.3 Å². The molecule has 1 amide bonds. The van der Waals surface area contributed by atoms with Crippen LogP contribution in [-0.2, 0) is 17.8 Å². The summed E-state index contributed by atoms with van der Waals surface area (Å²) in [6.07, 6.45) is 4.12. The molecule has 1 heterocycles. The molecule has 0 aliphatic carbocycles. The standard InChI is InChI=1S/C18H23N3O4/c1-2-3-12-25-15-6-4-14(5-7-15)8-10-19-17(23)13-21-11-9-16(22)20-18(21)24/h4-7,9,11H,2-3,8,10,12-13H2,1H3,(H,19,23)(H,20,22,24). The second-order valence-electron chi connectivity index (χ2n) is 5.68. The summed E-state index contributed by atoms with van der Waals surface area (Å²) in [6.45, 7) is 3.18. The lowest BCUT2D eigenvalue weighted by Crippen LogP contribution is -2.36. The number of aromatic nitrogens is 2. The maximum Gasteiger partial charge on any atom is 0.328 e. The predicted octanol–water partition coefficient (Wildman–Crippen LogP) is 1.07. The van der Waals surface area contributed by atoms with Gasteiger partial charge in [0, 0.05) is 18.8 Å². The molecule has 2 aromatic rings. The lowest BCUT2D eigenvalue weighted by Gasteiger charge is -2.08. The number of carbonyl (C=O) groups is 1. The Morgan fingerprint density at radius 1 is 1.20 bits per heavy atom. The molecule has 0 atom stereocenters. The molecule has 0 aliphatic heterocycles. The summed E-state index contributed by atoms with van der Waals surface area (Å²) in [4.78, 5) is 36.5. The fraction of sp³-hybridized carbons (Fsp3) is 0.389. The molecule has 0 unspecified atom stereocenters. The van der Waals surface area contributed by atoms with Crippen molar-refractivity contribution in [2.24, 2.45) is 0 Å². The molecule has 0 saturated heterocycles. The van der Waals surface area contributed by atoms with Gasteiger partial charge in [0.1, 0.15) is 12.3 Å². The Labute approximate surface area is 145 Å². The number of unbranched alkanes of at least 4 members (excludes halogenated alkanes) is 1. The second-order valence-corrected chi connectivity index (χ2v) is 5.68. The highest BCUT2D eigenvalue weighted by atomic mass is 16.5. The van der Waals surface area contributed by atoms with Gasteiger partial charge in [-0.2, -0.15) is 0 Å². The predicted molar refractivity (Wildman–Crippen MR) is 94.9 cm³/mol. The topological polar surface area (TPSA) is 93.2 Å². The van der Waals surface area contributed by atoms with Crippen molar-refractivity contribution in [3.8, 4) is 5.75 Å². The number of nitrogens with one attached hydrogen (secondary N) is 2. The van der Waals surface area contributed by atoms with Crippen molar-refractivity contribution in [3.63, 3.8) is 0 Å². The number of hydrogen-bond acceptors (Lipinski definition) is 4. The molecule has 0 spiro atoms. The van der Waals surface area contributed by atoms with Gasteiger partial charge in [0.15, 0.2) is 0 Å². The van der Waals surface area contributed by atoms with E-state index in [1.54, 1.807) is 0 Å². The van der Waals surface area contributed by atoms with Crippen molar-refractivity contribution >= 4 is 5.91 Å². The SMILES string of the molecule is CCCCOc1ccc(CCNC(=O)Cn2ccc(=O)[nH]c2=O)cc1. The molecule has 0 aliphatic rings. The molecule has 7 nitrogen and oxygen atoms in total. The molecular formula is C18H23N3O4. The van der Waals surface area contributed by atoms with Crippen LogP contribution in [0.4, 0.5) is 0 Å². The van der Waals surface area contributed by atoms with Crippen LogP contribution in [-0.4, -0.2) is 28.6 Å². The minimum absolute atomic E-state index is 0.125. The van der Waals surface area contributed by atoms with Crippen molar-refractivity contribution in [2.75, 3.05) is 13.2 Å². The van der Waals surface area contributed by atoms with E-state index < -0.39 is 11.2 Å². The zero-order valence-corrected chi connectivity index (χ0v) is 14.3. The van der Waals surface area contributed by atoms with Gasteiger partial charge in [0.05, 0.1) is 6.61 Å². The molecule has 1 aromatic carbocycles. The van der Waals surface area contributed by atoms with Crippen LogP contribution in [0.5, 0.6) is 5.75 Å². The quantitative estimate of drug-likeness (QED) is 0.665. The van der Waals surface area contributed by atoms with Crippen LogP contribution < -0.4 is 21.3 Å². The molecule has 0 fully saturated rings. The first-order valence-corrected chi connectivity index (χ1v) is 8.36. The minimum atomic E-state index is -0.596. The van der Waals surface area contributed by atoms with Crippen LogP contribution in [0.25, 0.3) is 0 Å². The number of ether oxygens (including phenoxy) is 1. The molecule has 25 heavy (non-hydrogen) atoms. The Hall–Kier alpha value is -2.83. The van der Waals surface area contributed by atoms with Crippen LogP contribution >= 0.6 is 0 Å². The molecular weight excluding hydrogens is 322 g/mol. The third-order valence-corrected chi connectivity index (χ3v) is 3.64. The molecule has 0 saturated carbocycles. The van der Waals surface area contributed by atoms with E-state index >= 15 is 0 Å². The van der Waals surface area contributed by atoms with Gasteiger partial charge in [-0.3, -0.25) is 19.1 Å². The van der Waals surface area contributed by atoms with E-state index in [4.69, 9.17) is 4.74 Å². The Morgan fingerprint density at radius 2 is 1.96 bits per heavy atom. The number of amides is 1. The summed E-state index contributed by atoms with van der Waals surface area (Å²) in [5.41, 5.74) is 0.00874. The third-order valence-electron chi connectivity index (χ3n) is 3.64. The first-order valence-electron chi connectivity index (χ1n) is 8.36. The first kappa shape index (κ1) is 18.5. The van der Waals surface area contributed by atoms with Crippen LogP contribution in [0.3, 0.4) is 0 Å². The van der Waals surface area contributed by atoms with Crippen LogP contribution in [0.2, 0.25) is 0 Å². The summed E-state index contributed by atoms with van der Waals surface area (Å²) in [7, 11) is 0. The Bertz CT molecular complexity index is 793. The van der Waals surface area contributed by atoms with E-state index in [-0.39, 0.29) is 12.5 Å². The Balaban J connectivity index is 1.75. The van der Waals surface area contributed by atoms with Gasteiger partial charge in [-0.15, -0.1) is 0 Å². The molecule has 2 rings (SSSR count). The van der Waals surface area contributed by atoms with Crippen molar-refractivity contribution in [2.45, 2.75) is 32.7 Å². The first-order chi connectivity index (χ1) is 12.1. The number of H-pyrrole nitrogens is 1.